The molecule has 1 aliphatic heterocycles. The highest BCUT2D eigenvalue weighted by atomic mass is 16.6. The second-order valence-electron chi connectivity index (χ2n) is 3.85. The van der Waals surface area contributed by atoms with Crippen molar-refractivity contribution in [1.82, 2.24) is 9.88 Å². The molecule has 1 aliphatic rings. The van der Waals surface area contributed by atoms with Crippen molar-refractivity contribution in [3.05, 3.63) is 30.1 Å². The van der Waals surface area contributed by atoms with Gasteiger partial charge in [-0.05, 0) is 11.6 Å². The van der Waals surface area contributed by atoms with E-state index >= 15 is 0 Å². The lowest BCUT2D eigenvalue weighted by Crippen LogP contribution is -2.45. The molecule has 0 saturated carbocycles. The van der Waals surface area contributed by atoms with Crippen LogP contribution in [0.15, 0.2) is 24.5 Å². The fourth-order valence-corrected chi connectivity index (χ4v) is 1.65. The second kappa shape index (κ2) is 4.82. The Balaban J connectivity index is 2.04. The van der Waals surface area contributed by atoms with Crippen molar-refractivity contribution in [2.45, 2.75) is 6.54 Å². The van der Waals surface area contributed by atoms with Gasteiger partial charge in [-0.15, -0.1) is 0 Å². The number of carbonyl (C=O) groups excluding carboxylic acids is 1. The minimum absolute atomic E-state index is 0.0578. The first-order valence-corrected chi connectivity index (χ1v) is 5.20. The maximum absolute atomic E-state index is 11.5. The van der Waals surface area contributed by atoms with Crippen LogP contribution < -0.4 is 0 Å². The summed E-state index contributed by atoms with van der Waals surface area (Å²) >= 11 is 0. The van der Waals surface area contributed by atoms with Crippen LogP contribution in [0.1, 0.15) is 5.56 Å². The summed E-state index contributed by atoms with van der Waals surface area (Å²) in [6.45, 7) is 0.428. The van der Waals surface area contributed by atoms with Crippen LogP contribution in [0.25, 0.3) is 0 Å². The highest BCUT2D eigenvalue weighted by Crippen LogP contribution is 2.14. The molecule has 0 bridgehead atoms. The van der Waals surface area contributed by atoms with Gasteiger partial charge in [-0.25, -0.2) is 4.79 Å². The Morgan fingerprint density at radius 2 is 2.47 bits per heavy atom. The minimum atomic E-state index is -0.950. The third-order valence-electron chi connectivity index (χ3n) is 2.55. The topological polar surface area (TPSA) is 79.7 Å². The van der Waals surface area contributed by atoms with Crippen molar-refractivity contribution >= 4 is 12.1 Å². The summed E-state index contributed by atoms with van der Waals surface area (Å²) < 4.78 is 4.82. The van der Waals surface area contributed by atoms with Crippen molar-refractivity contribution in [2.24, 2.45) is 5.92 Å². The number of carboxylic acids is 1. The molecule has 1 aromatic heterocycles. The van der Waals surface area contributed by atoms with Gasteiger partial charge in [0.15, 0.2) is 0 Å². The number of carbonyl (C=O) groups is 2. The van der Waals surface area contributed by atoms with E-state index in [0.29, 0.717) is 6.54 Å². The number of amides is 1. The van der Waals surface area contributed by atoms with Gasteiger partial charge in [0, 0.05) is 18.9 Å². The molecular formula is C11H12N2O4. The van der Waals surface area contributed by atoms with Crippen LogP contribution in [0.3, 0.4) is 0 Å². The number of pyridine rings is 1. The summed E-state index contributed by atoms with van der Waals surface area (Å²) in [4.78, 5) is 27.6. The maximum atomic E-state index is 11.5. The first kappa shape index (κ1) is 11.4. The summed E-state index contributed by atoms with van der Waals surface area (Å²) in [5, 5.41) is 8.88. The van der Waals surface area contributed by atoms with Crippen LogP contribution in [0, 0.1) is 5.92 Å². The largest absolute Gasteiger partial charge is 0.481 e. The van der Waals surface area contributed by atoms with Gasteiger partial charge in [0.05, 0.1) is 6.54 Å². The summed E-state index contributed by atoms with van der Waals surface area (Å²) in [6.07, 6.45) is 2.79. The highest BCUT2D eigenvalue weighted by molar-refractivity contribution is 5.75. The van der Waals surface area contributed by atoms with E-state index in [1.54, 1.807) is 18.5 Å². The number of carboxylic acid groups (broad SMARTS) is 1. The molecule has 0 radical (unpaired) electrons. The minimum Gasteiger partial charge on any atom is -0.481 e. The fraction of sp³-hybridized carbons (Fsp3) is 0.364. The lowest BCUT2D eigenvalue weighted by molar-refractivity contribution is -0.145. The number of hydrogen-bond acceptors (Lipinski definition) is 4. The lowest BCUT2D eigenvalue weighted by atomic mass is 10.1. The fourth-order valence-electron chi connectivity index (χ4n) is 1.65. The molecule has 1 fully saturated rings. The van der Waals surface area contributed by atoms with Gasteiger partial charge in [0.25, 0.3) is 0 Å². The number of aliphatic carboxylic acids is 1. The molecule has 0 aliphatic carbocycles. The second-order valence-corrected chi connectivity index (χ2v) is 3.85. The third kappa shape index (κ3) is 2.72. The predicted octanol–water partition coefficient (Wildman–Crippen LogP) is 0.735. The van der Waals surface area contributed by atoms with E-state index in [1.807, 2.05) is 6.07 Å². The number of ether oxygens (including phenoxy) is 1. The van der Waals surface area contributed by atoms with E-state index in [4.69, 9.17) is 9.84 Å². The smallest absolute Gasteiger partial charge is 0.410 e. The van der Waals surface area contributed by atoms with Gasteiger partial charge in [0.1, 0.15) is 12.5 Å². The monoisotopic (exact) mass is 236 g/mol. The molecule has 1 atom stereocenters. The zero-order valence-corrected chi connectivity index (χ0v) is 9.07. The van der Waals surface area contributed by atoms with Crippen LogP contribution in [0.4, 0.5) is 4.79 Å². The molecule has 2 heterocycles. The van der Waals surface area contributed by atoms with Gasteiger partial charge in [-0.2, -0.15) is 0 Å². The Morgan fingerprint density at radius 1 is 1.65 bits per heavy atom. The van der Waals surface area contributed by atoms with Gasteiger partial charge in [-0.3, -0.25) is 9.78 Å². The number of rotatable bonds is 3. The summed E-state index contributed by atoms with van der Waals surface area (Å²) in [5.41, 5.74) is 0.843. The van der Waals surface area contributed by atoms with Gasteiger partial charge in [0.2, 0.25) is 0 Å². The van der Waals surface area contributed by atoms with Crippen LogP contribution >= 0.6 is 0 Å². The van der Waals surface area contributed by atoms with Crippen molar-refractivity contribution in [1.29, 1.82) is 0 Å². The van der Waals surface area contributed by atoms with Crippen LogP contribution in [0.5, 0.6) is 0 Å². The highest BCUT2D eigenvalue weighted by Gasteiger charge is 2.31. The average Bonchev–Trinajstić information content (AvgIpc) is 2.33. The normalized spacial score (nSPS) is 19.9. The zero-order valence-electron chi connectivity index (χ0n) is 9.07. The zero-order chi connectivity index (χ0) is 12.3. The van der Waals surface area contributed by atoms with Gasteiger partial charge >= 0.3 is 12.1 Å². The summed E-state index contributed by atoms with van der Waals surface area (Å²) in [5.74, 6) is -1.61. The molecule has 2 rings (SSSR count). The summed E-state index contributed by atoms with van der Waals surface area (Å²) in [6, 6.07) is 3.59. The van der Waals surface area contributed by atoms with E-state index in [1.165, 1.54) is 4.90 Å². The predicted molar refractivity (Wildman–Crippen MR) is 57.1 cm³/mol. The number of hydrogen-bond donors (Lipinski definition) is 1. The number of aromatic nitrogens is 1. The van der Waals surface area contributed by atoms with Crippen LogP contribution in [-0.2, 0) is 16.1 Å². The van der Waals surface area contributed by atoms with Gasteiger partial charge < -0.3 is 14.7 Å². The Kier molecular flexibility index (Phi) is 3.22. The van der Waals surface area contributed by atoms with Crippen molar-refractivity contribution in [3.8, 4) is 0 Å². The van der Waals surface area contributed by atoms with Crippen molar-refractivity contribution in [2.75, 3.05) is 13.2 Å². The Bertz CT molecular complexity index is 421. The Morgan fingerprint density at radius 3 is 3.12 bits per heavy atom. The average molecular weight is 236 g/mol. The third-order valence-corrected chi connectivity index (χ3v) is 2.55. The number of cyclic esters (lactones) is 1. The molecule has 17 heavy (non-hydrogen) atoms. The number of nitrogens with zero attached hydrogens (tertiary/aromatic N) is 2. The molecule has 1 amide bonds. The SMILES string of the molecule is O=C(O)C1COC(=O)N(Cc2cccnc2)C1. The van der Waals surface area contributed by atoms with E-state index in [2.05, 4.69) is 4.98 Å². The first-order valence-electron chi connectivity index (χ1n) is 5.20. The lowest BCUT2D eigenvalue weighted by Gasteiger charge is -2.30. The maximum Gasteiger partial charge on any atom is 0.410 e. The molecule has 0 spiro atoms. The van der Waals surface area contributed by atoms with Gasteiger partial charge in [-0.1, -0.05) is 6.07 Å². The van der Waals surface area contributed by atoms with E-state index in [9.17, 15) is 9.59 Å². The quantitative estimate of drug-likeness (QED) is 0.837. The van der Waals surface area contributed by atoms with Crippen LogP contribution in [0.2, 0.25) is 0 Å². The summed E-state index contributed by atoms with van der Waals surface area (Å²) in [7, 11) is 0. The molecule has 1 aromatic rings. The van der Waals surface area contributed by atoms with E-state index in [-0.39, 0.29) is 13.2 Å². The molecule has 1 saturated heterocycles. The Hall–Kier alpha value is -2.11. The molecule has 6 heteroatoms. The molecule has 1 unspecified atom stereocenters. The molecular weight excluding hydrogens is 224 g/mol. The molecule has 90 valence electrons. The van der Waals surface area contributed by atoms with Crippen molar-refractivity contribution < 1.29 is 19.4 Å². The van der Waals surface area contributed by atoms with Crippen molar-refractivity contribution in [3.63, 3.8) is 0 Å². The van der Waals surface area contributed by atoms with Crippen LogP contribution in [-0.4, -0.2) is 40.2 Å². The molecule has 1 N–H and O–H groups in total. The van der Waals surface area contributed by atoms with E-state index < -0.39 is 18.0 Å². The molecule has 6 nitrogen and oxygen atoms in total. The van der Waals surface area contributed by atoms with E-state index in [0.717, 1.165) is 5.56 Å². The standard InChI is InChI=1S/C11H12N2O4/c14-10(15)9-6-13(11(16)17-7-9)5-8-2-1-3-12-4-8/h1-4,9H,5-7H2,(H,14,15). The Labute approximate surface area is 97.8 Å². The molecule has 0 aromatic carbocycles. The first-order chi connectivity index (χ1) is 8.16.